The Bertz CT molecular complexity index is 594. The number of carbonyl (C=O) groups excluding carboxylic acids is 1. The van der Waals surface area contributed by atoms with Crippen molar-refractivity contribution in [2.75, 3.05) is 13.2 Å². The molecule has 6 heteroatoms. The summed E-state index contributed by atoms with van der Waals surface area (Å²) in [5.41, 5.74) is 1.62. The largest absolute Gasteiger partial charge is 0.375 e. The van der Waals surface area contributed by atoms with E-state index in [2.05, 4.69) is 4.98 Å². The molecular formula is C14H16N2O2S2. The van der Waals surface area contributed by atoms with Crippen LogP contribution in [-0.4, -0.2) is 41.1 Å². The van der Waals surface area contributed by atoms with Gasteiger partial charge in [0, 0.05) is 22.9 Å². The highest BCUT2D eigenvalue weighted by Gasteiger charge is 2.29. The Labute approximate surface area is 126 Å². The lowest BCUT2D eigenvalue weighted by atomic mass is 10.2. The fourth-order valence-electron chi connectivity index (χ4n) is 2.22. The number of rotatable bonds is 2. The first-order valence-electron chi connectivity index (χ1n) is 6.56. The Morgan fingerprint density at radius 3 is 3.05 bits per heavy atom. The van der Waals surface area contributed by atoms with E-state index >= 15 is 0 Å². The van der Waals surface area contributed by atoms with Gasteiger partial charge in [0.25, 0.3) is 5.91 Å². The zero-order valence-electron chi connectivity index (χ0n) is 11.4. The van der Waals surface area contributed by atoms with Crippen molar-refractivity contribution in [1.29, 1.82) is 0 Å². The molecule has 106 valence electrons. The standard InChI is InChI=1S/C14H16N2O2S2/c1-9-6-18-10(2)5-16(9)14(17)12-8-20-13(15-12)11-3-4-19-7-11/h3-4,7-10H,5-6H2,1-2H3/t9-,10-/m1/s1. The Morgan fingerprint density at radius 2 is 2.30 bits per heavy atom. The number of nitrogens with zero attached hydrogens (tertiary/aromatic N) is 2. The van der Waals surface area contributed by atoms with Gasteiger partial charge in [0.15, 0.2) is 0 Å². The van der Waals surface area contributed by atoms with E-state index in [1.807, 2.05) is 41.0 Å². The van der Waals surface area contributed by atoms with E-state index in [-0.39, 0.29) is 18.1 Å². The number of morpholine rings is 1. The molecule has 0 N–H and O–H groups in total. The van der Waals surface area contributed by atoms with Gasteiger partial charge in [-0.1, -0.05) is 0 Å². The molecule has 1 saturated heterocycles. The molecule has 20 heavy (non-hydrogen) atoms. The quantitative estimate of drug-likeness (QED) is 0.856. The van der Waals surface area contributed by atoms with Crippen molar-refractivity contribution < 1.29 is 9.53 Å². The topological polar surface area (TPSA) is 42.4 Å². The number of thiophene rings is 1. The second-order valence-electron chi connectivity index (χ2n) is 5.00. The molecule has 0 unspecified atom stereocenters. The fraction of sp³-hybridized carbons (Fsp3) is 0.429. The van der Waals surface area contributed by atoms with Crippen molar-refractivity contribution in [3.8, 4) is 10.6 Å². The van der Waals surface area contributed by atoms with Gasteiger partial charge in [0.05, 0.1) is 18.8 Å². The van der Waals surface area contributed by atoms with E-state index in [1.165, 1.54) is 11.3 Å². The molecule has 3 rings (SSSR count). The maximum atomic E-state index is 12.6. The van der Waals surface area contributed by atoms with Crippen LogP contribution in [0.15, 0.2) is 22.2 Å². The van der Waals surface area contributed by atoms with E-state index in [1.54, 1.807) is 11.3 Å². The Kier molecular flexibility index (Phi) is 3.87. The Balaban J connectivity index is 1.80. The van der Waals surface area contributed by atoms with Crippen molar-refractivity contribution in [3.05, 3.63) is 27.9 Å². The van der Waals surface area contributed by atoms with Crippen LogP contribution in [-0.2, 0) is 4.74 Å². The molecule has 0 saturated carbocycles. The summed E-state index contributed by atoms with van der Waals surface area (Å²) >= 11 is 3.15. The molecule has 1 aliphatic heterocycles. The molecule has 4 nitrogen and oxygen atoms in total. The number of hydrogen-bond acceptors (Lipinski definition) is 5. The van der Waals surface area contributed by atoms with Crippen LogP contribution in [0.2, 0.25) is 0 Å². The van der Waals surface area contributed by atoms with Gasteiger partial charge in [-0.05, 0) is 25.3 Å². The maximum absolute atomic E-state index is 12.6. The van der Waals surface area contributed by atoms with Crippen molar-refractivity contribution in [3.63, 3.8) is 0 Å². The van der Waals surface area contributed by atoms with Crippen molar-refractivity contribution in [2.24, 2.45) is 0 Å². The van der Waals surface area contributed by atoms with Crippen LogP contribution in [0, 0.1) is 0 Å². The molecule has 2 aromatic rings. The Morgan fingerprint density at radius 1 is 1.45 bits per heavy atom. The number of hydrogen-bond donors (Lipinski definition) is 0. The molecule has 0 bridgehead atoms. The molecule has 0 aromatic carbocycles. The zero-order valence-corrected chi connectivity index (χ0v) is 13.0. The summed E-state index contributed by atoms with van der Waals surface area (Å²) in [6.07, 6.45) is 0.0881. The molecule has 0 radical (unpaired) electrons. The zero-order chi connectivity index (χ0) is 14.1. The minimum atomic E-state index is 0.00498. The molecule has 3 heterocycles. The lowest BCUT2D eigenvalue weighted by molar-refractivity contribution is -0.0388. The molecule has 2 atom stereocenters. The lowest BCUT2D eigenvalue weighted by Crippen LogP contribution is -2.50. The van der Waals surface area contributed by atoms with Gasteiger partial charge >= 0.3 is 0 Å². The van der Waals surface area contributed by atoms with Gasteiger partial charge in [0.2, 0.25) is 0 Å². The van der Waals surface area contributed by atoms with Gasteiger partial charge < -0.3 is 9.64 Å². The fourth-order valence-corrected chi connectivity index (χ4v) is 3.73. The minimum Gasteiger partial charge on any atom is -0.375 e. The highest BCUT2D eigenvalue weighted by atomic mass is 32.1. The van der Waals surface area contributed by atoms with Gasteiger partial charge in [-0.3, -0.25) is 4.79 Å². The molecule has 1 amide bonds. The van der Waals surface area contributed by atoms with Crippen molar-refractivity contribution in [2.45, 2.75) is 26.0 Å². The van der Waals surface area contributed by atoms with Crippen LogP contribution >= 0.6 is 22.7 Å². The monoisotopic (exact) mass is 308 g/mol. The lowest BCUT2D eigenvalue weighted by Gasteiger charge is -2.36. The normalized spacial score (nSPS) is 23.0. The van der Waals surface area contributed by atoms with Crippen LogP contribution in [0.25, 0.3) is 10.6 Å². The van der Waals surface area contributed by atoms with Gasteiger partial charge in [-0.15, -0.1) is 11.3 Å². The molecular weight excluding hydrogens is 292 g/mol. The molecule has 1 aliphatic rings. The summed E-state index contributed by atoms with van der Waals surface area (Å²) in [6.45, 7) is 5.22. The van der Waals surface area contributed by atoms with E-state index in [4.69, 9.17) is 4.74 Å². The van der Waals surface area contributed by atoms with E-state index in [0.29, 0.717) is 18.8 Å². The smallest absolute Gasteiger partial charge is 0.273 e. The third-order valence-electron chi connectivity index (χ3n) is 3.36. The summed E-state index contributed by atoms with van der Waals surface area (Å²) < 4.78 is 5.56. The number of carbonyl (C=O) groups is 1. The van der Waals surface area contributed by atoms with E-state index in [9.17, 15) is 4.79 Å². The molecule has 0 spiro atoms. The summed E-state index contributed by atoms with van der Waals surface area (Å²) in [5, 5.41) is 6.82. The number of thiazole rings is 1. The number of aromatic nitrogens is 1. The first-order valence-corrected chi connectivity index (χ1v) is 8.38. The van der Waals surface area contributed by atoms with E-state index in [0.717, 1.165) is 10.6 Å². The summed E-state index contributed by atoms with van der Waals surface area (Å²) in [6, 6.07) is 2.13. The average Bonchev–Trinajstić information content (AvgIpc) is 3.10. The predicted octanol–water partition coefficient (Wildman–Crippen LogP) is 3.12. The molecule has 2 aromatic heterocycles. The van der Waals surface area contributed by atoms with Crippen molar-refractivity contribution >= 4 is 28.6 Å². The second-order valence-corrected chi connectivity index (χ2v) is 6.64. The second kappa shape index (κ2) is 5.63. The van der Waals surface area contributed by atoms with Gasteiger partial charge in [0.1, 0.15) is 10.7 Å². The summed E-state index contributed by atoms with van der Waals surface area (Å²) in [4.78, 5) is 18.9. The first kappa shape index (κ1) is 13.7. The maximum Gasteiger partial charge on any atom is 0.273 e. The third-order valence-corrected chi connectivity index (χ3v) is 4.93. The number of amides is 1. The average molecular weight is 308 g/mol. The molecule has 1 fully saturated rings. The van der Waals surface area contributed by atoms with Crippen LogP contribution in [0.4, 0.5) is 0 Å². The highest BCUT2D eigenvalue weighted by molar-refractivity contribution is 7.14. The van der Waals surface area contributed by atoms with Gasteiger partial charge in [-0.2, -0.15) is 11.3 Å². The number of ether oxygens (including phenoxy) is 1. The van der Waals surface area contributed by atoms with Crippen LogP contribution in [0.1, 0.15) is 24.3 Å². The summed E-state index contributed by atoms with van der Waals surface area (Å²) in [5.74, 6) is 0.00498. The van der Waals surface area contributed by atoms with Gasteiger partial charge in [-0.25, -0.2) is 4.98 Å². The SMILES string of the molecule is C[C@@H]1CN(C(=O)c2csc(-c3ccsc3)n2)[C@H](C)CO1. The minimum absolute atomic E-state index is 0.00498. The van der Waals surface area contributed by atoms with Crippen LogP contribution < -0.4 is 0 Å². The Hall–Kier alpha value is -1.24. The van der Waals surface area contributed by atoms with Crippen LogP contribution in [0.3, 0.4) is 0 Å². The van der Waals surface area contributed by atoms with Crippen LogP contribution in [0.5, 0.6) is 0 Å². The predicted molar refractivity (Wildman–Crippen MR) is 81.3 cm³/mol. The van der Waals surface area contributed by atoms with Crippen molar-refractivity contribution in [1.82, 2.24) is 9.88 Å². The first-order chi connectivity index (χ1) is 9.65. The van der Waals surface area contributed by atoms with E-state index < -0.39 is 0 Å². The summed E-state index contributed by atoms with van der Waals surface area (Å²) in [7, 11) is 0. The third kappa shape index (κ3) is 2.63. The molecule has 0 aliphatic carbocycles. The highest BCUT2D eigenvalue weighted by Crippen LogP contribution is 2.26.